The Hall–Kier alpha value is -1.65. The molecule has 0 radical (unpaired) electrons. The molecule has 0 bridgehead atoms. The highest BCUT2D eigenvalue weighted by atomic mass is 16.2. The van der Waals surface area contributed by atoms with Crippen molar-refractivity contribution in [2.45, 2.75) is 34.1 Å². The van der Waals surface area contributed by atoms with Crippen LogP contribution in [-0.2, 0) is 0 Å². The highest BCUT2D eigenvalue weighted by Crippen LogP contribution is 2.08. The summed E-state index contributed by atoms with van der Waals surface area (Å²) in [5.41, 5.74) is 1.27. The molecule has 0 spiro atoms. The van der Waals surface area contributed by atoms with Crippen molar-refractivity contribution >= 4 is 11.9 Å². The molecular formula is C13H22N4O. The summed E-state index contributed by atoms with van der Waals surface area (Å²) in [4.78, 5) is 22.6. The largest absolute Gasteiger partial charge is 0.354 e. The Morgan fingerprint density at radius 2 is 2.06 bits per heavy atom. The Balaban J connectivity index is 2.96. The molecule has 5 heteroatoms. The van der Waals surface area contributed by atoms with E-state index >= 15 is 0 Å². The lowest BCUT2D eigenvalue weighted by Gasteiger charge is -2.19. The van der Waals surface area contributed by atoms with Crippen LogP contribution in [0.25, 0.3) is 0 Å². The first-order valence-corrected chi connectivity index (χ1v) is 6.51. The fourth-order valence-electron chi connectivity index (χ4n) is 1.75. The summed E-state index contributed by atoms with van der Waals surface area (Å²) in [5.74, 6) is 0.498. The lowest BCUT2D eigenvalue weighted by atomic mass is 10.3. The van der Waals surface area contributed by atoms with Crippen LogP contribution in [-0.4, -0.2) is 40.4 Å². The zero-order valence-corrected chi connectivity index (χ0v) is 11.7. The van der Waals surface area contributed by atoms with Gasteiger partial charge >= 0.3 is 0 Å². The van der Waals surface area contributed by atoms with Crippen LogP contribution < -0.4 is 5.32 Å². The number of amides is 1. The van der Waals surface area contributed by atoms with Gasteiger partial charge in [-0.05, 0) is 33.3 Å². The molecule has 100 valence electrons. The molecule has 0 aliphatic rings. The Morgan fingerprint density at radius 1 is 1.33 bits per heavy atom. The van der Waals surface area contributed by atoms with Crippen LogP contribution in [0.2, 0.25) is 0 Å². The zero-order chi connectivity index (χ0) is 13.5. The number of hydrogen-bond donors (Lipinski definition) is 1. The number of aryl methyl sites for hydroxylation is 1. The predicted octanol–water partition coefficient (Wildman–Crippen LogP) is 2.09. The minimum absolute atomic E-state index is 0.0241. The number of nitrogens with one attached hydrogen (secondary N) is 1. The first-order chi connectivity index (χ1) is 8.62. The van der Waals surface area contributed by atoms with Gasteiger partial charge in [0.15, 0.2) is 0 Å². The van der Waals surface area contributed by atoms with Crippen molar-refractivity contribution < 1.29 is 4.79 Å². The van der Waals surface area contributed by atoms with Gasteiger partial charge in [-0.3, -0.25) is 4.79 Å². The molecule has 0 aromatic carbocycles. The minimum Gasteiger partial charge on any atom is -0.354 e. The Bertz CT molecular complexity index is 406. The minimum atomic E-state index is -0.0241. The lowest BCUT2D eigenvalue weighted by molar-refractivity contribution is 0.0758. The third kappa shape index (κ3) is 3.68. The molecule has 1 heterocycles. The van der Waals surface area contributed by atoms with Crippen LogP contribution in [0.15, 0.2) is 6.07 Å². The maximum Gasteiger partial charge on any atom is 0.272 e. The van der Waals surface area contributed by atoms with E-state index in [-0.39, 0.29) is 5.91 Å². The number of rotatable bonds is 6. The zero-order valence-electron chi connectivity index (χ0n) is 11.7. The van der Waals surface area contributed by atoms with E-state index in [1.54, 1.807) is 11.0 Å². The van der Waals surface area contributed by atoms with Crippen molar-refractivity contribution in [3.05, 3.63) is 17.5 Å². The lowest BCUT2D eigenvalue weighted by Crippen LogP contribution is -2.32. The molecule has 0 aliphatic carbocycles. The van der Waals surface area contributed by atoms with E-state index in [0.29, 0.717) is 18.2 Å². The highest BCUT2D eigenvalue weighted by molar-refractivity contribution is 5.92. The molecule has 1 N–H and O–H groups in total. The Kier molecular flexibility index (Phi) is 5.55. The maximum absolute atomic E-state index is 12.3. The summed E-state index contributed by atoms with van der Waals surface area (Å²) in [6.45, 7) is 10.1. The van der Waals surface area contributed by atoms with Crippen LogP contribution in [0.5, 0.6) is 0 Å². The summed E-state index contributed by atoms with van der Waals surface area (Å²) >= 11 is 0. The van der Waals surface area contributed by atoms with Crippen molar-refractivity contribution in [1.82, 2.24) is 14.9 Å². The summed E-state index contributed by atoms with van der Waals surface area (Å²) in [6, 6.07) is 1.74. The average Bonchev–Trinajstić information content (AvgIpc) is 2.35. The molecule has 1 amide bonds. The summed E-state index contributed by atoms with van der Waals surface area (Å²) in [5, 5.41) is 3.04. The van der Waals surface area contributed by atoms with Gasteiger partial charge in [-0.1, -0.05) is 6.92 Å². The molecule has 1 aromatic rings. The predicted molar refractivity (Wildman–Crippen MR) is 72.8 cm³/mol. The summed E-state index contributed by atoms with van der Waals surface area (Å²) in [7, 11) is 0. The fraction of sp³-hybridized carbons (Fsp3) is 0.615. The van der Waals surface area contributed by atoms with E-state index in [1.165, 1.54) is 0 Å². The second kappa shape index (κ2) is 6.93. The van der Waals surface area contributed by atoms with Crippen LogP contribution in [0.1, 0.15) is 43.4 Å². The third-order valence-corrected chi connectivity index (χ3v) is 2.57. The number of anilines is 1. The van der Waals surface area contributed by atoms with E-state index in [9.17, 15) is 4.79 Å². The SMILES string of the molecule is CCCN(CC)C(=O)c1cc(C)nc(NCC)n1. The van der Waals surface area contributed by atoms with Crippen LogP contribution >= 0.6 is 0 Å². The first-order valence-electron chi connectivity index (χ1n) is 6.51. The van der Waals surface area contributed by atoms with Crippen molar-refractivity contribution in [1.29, 1.82) is 0 Å². The van der Waals surface area contributed by atoms with Gasteiger partial charge in [-0.15, -0.1) is 0 Å². The van der Waals surface area contributed by atoms with Crippen molar-refractivity contribution in [2.75, 3.05) is 25.0 Å². The molecule has 0 unspecified atom stereocenters. The fourth-order valence-corrected chi connectivity index (χ4v) is 1.75. The Labute approximate surface area is 109 Å². The number of nitrogens with zero attached hydrogens (tertiary/aromatic N) is 3. The second-order valence-corrected chi connectivity index (χ2v) is 4.13. The van der Waals surface area contributed by atoms with E-state index in [4.69, 9.17) is 0 Å². The quantitative estimate of drug-likeness (QED) is 0.840. The number of carbonyl (C=O) groups excluding carboxylic acids is 1. The molecule has 1 rings (SSSR count). The normalized spacial score (nSPS) is 10.2. The number of carbonyl (C=O) groups is 1. The molecule has 1 aromatic heterocycles. The summed E-state index contributed by atoms with van der Waals surface area (Å²) < 4.78 is 0. The van der Waals surface area contributed by atoms with E-state index in [1.807, 2.05) is 20.8 Å². The average molecular weight is 250 g/mol. The van der Waals surface area contributed by atoms with Gasteiger partial charge in [-0.25, -0.2) is 9.97 Å². The standard InChI is InChI=1S/C13H22N4O/c1-5-8-17(7-3)12(18)11-9-10(4)15-13(16-11)14-6-2/h9H,5-8H2,1-4H3,(H,14,15,16). The Morgan fingerprint density at radius 3 is 2.61 bits per heavy atom. The summed E-state index contributed by atoms with van der Waals surface area (Å²) in [6.07, 6.45) is 0.948. The molecule has 0 aliphatic heterocycles. The molecular weight excluding hydrogens is 228 g/mol. The van der Waals surface area contributed by atoms with Crippen molar-refractivity contribution in [2.24, 2.45) is 0 Å². The third-order valence-electron chi connectivity index (χ3n) is 2.57. The number of hydrogen-bond acceptors (Lipinski definition) is 4. The van der Waals surface area contributed by atoms with Gasteiger partial charge in [0, 0.05) is 25.3 Å². The molecule has 0 saturated carbocycles. The van der Waals surface area contributed by atoms with Crippen molar-refractivity contribution in [3.63, 3.8) is 0 Å². The smallest absolute Gasteiger partial charge is 0.272 e. The van der Waals surface area contributed by atoms with Gasteiger partial charge in [0.2, 0.25) is 5.95 Å². The molecule has 0 fully saturated rings. The topological polar surface area (TPSA) is 58.1 Å². The molecule has 18 heavy (non-hydrogen) atoms. The van der Waals surface area contributed by atoms with E-state index < -0.39 is 0 Å². The van der Waals surface area contributed by atoms with Gasteiger partial charge in [0.1, 0.15) is 5.69 Å². The highest BCUT2D eigenvalue weighted by Gasteiger charge is 2.16. The van der Waals surface area contributed by atoms with Gasteiger partial charge in [-0.2, -0.15) is 0 Å². The van der Waals surface area contributed by atoms with Crippen LogP contribution in [0.3, 0.4) is 0 Å². The van der Waals surface area contributed by atoms with Gasteiger partial charge in [0.25, 0.3) is 5.91 Å². The maximum atomic E-state index is 12.3. The van der Waals surface area contributed by atoms with Gasteiger partial charge in [0.05, 0.1) is 0 Å². The molecule has 0 saturated heterocycles. The number of aromatic nitrogens is 2. The monoisotopic (exact) mass is 250 g/mol. The first kappa shape index (κ1) is 14.4. The van der Waals surface area contributed by atoms with E-state index in [0.717, 1.165) is 25.2 Å². The molecule has 0 atom stereocenters. The van der Waals surface area contributed by atoms with E-state index in [2.05, 4.69) is 22.2 Å². The van der Waals surface area contributed by atoms with Crippen LogP contribution in [0.4, 0.5) is 5.95 Å². The van der Waals surface area contributed by atoms with Crippen molar-refractivity contribution in [3.8, 4) is 0 Å². The molecule has 5 nitrogen and oxygen atoms in total. The van der Waals surface area contributed by atoms with Gasteiger partial charge < -0.3 is 10.2 Å². The second-order valence-electron chi connectivity index (χ2n) is 4.13. The van der Waals surface area contributed by atoms with Crippen LogP contribution in [0, 0.1) is 6.92 Å².